The maximum Gasteiger partial charge on any atom is 0.0693 e. The molecule has 0 heterocycles. The number of halogens is 2. The minimum Gasteiger partial charge on any atom is -0.380 e. The molecule has 0 saturated heterocycles. The smallest absolute Gasteiger partial charge is 0.0693 e. The number of hydrogen-bond donors (Lipinski definition) is 1. The molecule has 2 atom stereocenters. The van der Waals surface area contributed by atoms with Crippen LogP contribution in [0.4, 0.5) is 0 Å². The van der Waals surface area contributed by atoms with Crippen molar-refractivity contribution in [3.05, 3.63) is 33.8 Å². The summed E-state index contributed by atoms with van der Waals surface area (Å²) in [5, 5.41) is 4.81. The van der Waals surface area contributed by atoms with E-state index in [0.29, 0.717) is 11.1 Å². The number of rotatable bonds is 6. The van der Waals surface area contributed by atoms with Gasteiger partial charge in [0.25, 0.3) is 0 Å². The van der Waals surface area contributed by atoms with Crippen molar-refractivity contribution in [2.75, 3.05) is 13.7 Å². The van der Waals surface area contributed by atoms with E-state index in [-0.39, 0.29) is 6.10 Å². The van der Waals surface area contributed by atoms with Gasteiger partial charge in [-0.15, -0.1) is 0 Å². The van der Waals surface area contributed by atoms with Crippen LogP contribution >= 0.6 is 23.2 Å². The maximum absolute atomic E-state index is 6.10. The van der Waals surface area contributed by atoms with E-state index in [1.165, 1.54) is 0 Å². The third-order valence-electron chi connectivity index (χ3n) is 2.95. The van der Waals surface area contributed by atoms with Gasteiger partial charge >= 0.3 is 0 Å². The summed E-state index contributed by atoms with van der Waals surface area (Å²) in [5.74, 6) is 0. The maximum atomic E-state index is 6.10. The van der Waals surface area contributed by atoms with Gasteiger partial charge < -0.3 is 10.1 Å². The molecule has 0 amide bonds. The molecule has 0 aromatic heterocycles. The quantitative estimate of drug-likeness (QED) is 0.858. The zero-order valence-corrected chi connectivity index (χ0v) is 12.0. The number of methoxy groups -OCH3 is 1. The van der Waals surface area contributed by atoms with Crippen molar-refractivity contribution in [1.82, 2.24) is 5.32 Å². The predicted molar refractivity (Wildman–Crippen MR) is 74.1 cm³/mol. The summed E-state index contributed by atoms with van der Waals surface area (Å²) in [6.45, 7) is 5.03. The van der Waals surface area contributed by atoms with Gasteiger partial charge in [0.1, 0.15) is 0 Å². The second-order valence-corrected chi connectivity index (χ2v) is 5.01. The highest BCUT2D eigenvalue weighted by Crippen LogP contribution is 2.21. The van der Waals surface area contributed by atoms with Crippen molar-refractivity contribution in [2.45, 2.75) is 32.4 Å². The average Bonchev–Trinajstić information content (AvgIpc) is 2.30. The van der Waals surface area contributed by atoms with Crippen molar-refractivity contribution in [1.29, 1.82) is 0 Å². The van der Waals surface area contributed by atoms with E-state index >= 15 is 0 Å². The molecule has 2 unspecified atom stereocenters. The van der Waals surface area contributed by atoms with Gasteiger partial charge in [0.2, 0.25) is 0 Å². The van der Waals surface area contributed by atoms with E-state index < -0.39 is 0 Å². The Balaban J connectivity index is 2.40. The van der Waals surface area contributed by atoms with Gasteiger partial charge in [-0.05, 0) is 44.5 Å². The molecule has 4 heteroatoms. The van der Waals surface area contributed by atoms with Crippen LogP contribution in [0.3, 0.4) is 0 Å². The molecule has 96 valence electrons. The fourth-order valence-corrected chi connectivity index (χ4v) is 2.03. The lowest BCUT2D eigenvalue weighted by Crippen LogP contribution is -2.37. The highest BCUT2D eigenvalue weighted by molar-refractivity contribution is 6.35. The molecule has 0 aliphatic carbocycles. The summed E-state index contributed by atoms with van der Waals surface area (Å²) in [5.41, 5.74) is 1.11. The van der Waals surface area contributed by atoms with Crippen LogP contribution in [0.25, 0.3) is 0 Å². The Kier molecular flexibility index (Phi) is 6.28. The molecule has 1 aromatic carbocycles. The second kappa shape index (κ2) is 7.22. The molecule has 0 spiro atoms. The lowest BCUT2D eigenvalue weighted by Gasteiger charge is -2.20. The van der Waals surface area contributed by atoms with Crippen LogP contribution in [-0.2, 0) is 11.2 Å². The third kappa shape index (κ3) is 4.84. The largest absolute Gasteiger partial charge is 0.380 e. The van der Waals surface area contributed by atoms with Crippen molar-refractivity contribution in [3.63, 3.8) is 0 Å². The summed E-state index contributed by atoms with van der Waals surface area (Å²) in [7, 11) is 1.72. The van der Waals surface area contributed by atoms with E-state index in [2.05, 4.69) is 12.2 Å². The van der Waals surface area contributed by atoms with Gasteiger partial charge in [0.15, 0.2) is 0 Å². The second-order valence-electron chi connectivity index (χ2n) is 4.17. The van der Waals surface area contributed by atoms with Crippen LogP contribution in [-0.4, -0.2) is 25.8 Å². The Morgan fingerprint density at radius 3 is 2.59 bits per heavy atom. The van der Waals surface area contributed by atoms with Crippen LogP contribution in [0.15, 0.2) is 18.2 Å². The van der Waals surface area contributed by atoms with Crippen LogP contribution in [0.2, 0.25) is 10.0 Å². The zero-order chi connectivity index (χ0) is 12.8. The first kappa shape index (κ1) is 14.8. The molecule has 1 rings (SSSR count). The standard InChI is InChI=1S/C13H19Cl2NO/c1-9(10(2)17-3)16-7-6-11-4-5-12(14)8-13(11)15/h4-5,8-10,16H,6-7H2,1-3H3. The Morgan fingerprint density at radius 2 is 2.00 bits per heavy atom. The fraction of sp³-hybridized carbons (Fsp3) is 0.538. The first-order valence-electron chi connectivity index (χ1n) is 5.74. The van der Waals surface area contributed by atoms with Gasteiger partial charge in [0.05, 0.1) is 6.10 Å². The predicted octanol–water partition coefficient (Wildman–Crippen LogP) is 3.55. The molecule has 0 fully saturated rings. The van der Waals surface area contributed by atoms with Gasteiger partial charge in [0, 0.05) is 23.2 Å². The molecule has 0 saturated carbocycles. The number of hydrogen-bond acceptors (Lipinski definition) is 2. The Labute approximate surface area is 113 Å². The molecular weight excluding hydrogens is 257 g/mol. The normalized spacial score (nSPS) is 14.6. The van der Waals surface area contributed by atoms with Crippen molar-refractivity contribution in [2.24, 2.45) is 0 Å². The molecule has 0 radical (unpaired) electrons. The van der Waals surface area contributed by atoms with Crippen LogP contribution in [0.5, 0.6) is 0 Å². The number of benzene rings is 1. The fourth-order valence-electron chi connectivity index (χ4n) is 1.53. The summed E-state index contributed by atoms with van der Waals surface area (Å²) in [6, 6.07) is 5.94. The van der Waals surface area contributed by atoms with Gasteiger partial charge in [-0.1, -0.05) is 29.3 Å². The van der Waals surface area contributed by atoms with E-state index in [4.69, 9.17) is 27.9 Å². The number of nitrogens with one attached hydrogen (secondary N) is 1. The molecule has 0 aliphatic rings. The van der Waals surface area contributed by atoms with Crippen molar-refractivity contribution in [3.8, 4) is 0 Å². The molecule has 0 aliphatic heterocycles. The Bertz CT molecular complexity index is 357. The SMILES string of the molecule is COC(C)C(C)NCCc1ccc(Cl)cc1Cl. The van der Waals surface area contributed by atoms with Crippen LogP contribution in [0.1, 0.15) is 19.4 Å². The number of ether oxygens (including phenoxy) is 1. The summed E-state index contributed by atoms with van der Waals surface area (Å²) in [6.07, 6.45) is 1.09. The molecule has 2 nitrogen and oxygen atoms in total. The summed E-state index contributed by atoms with van der Waals surface area (Å²) < 4.78 is 5.25. The van der Waals surface area contributed by atoms with Crippen LogP contribution < -0.4 is 5.32 Å². The molecule has 0 bridgehead atoms. The average molecular weight is 276 g/mol. The zero-order valence-electron chi connectivity index (χ0n) is 10.5. The van der Waals surface area contributed by atoms with E-state index in [0.717, 1.165) is 23.6 Å². The summed E-state index contributed by atoms with van der Waals surface area (Å²) in [4.78, 5) is 0. The van der Waals surface area contributed by atoms with Crippen molar-refractivity contribution >= 4 is 23.2 Å². The monoisotopic (exact) mass is 275 g/mol. The Morgan fingerprint density at radius 1 is 1.29 bits per heavy atom. The minimum absolute atomic E-state index is 0.204. The van der Waals surface area contributed by atoms with Crippen LogP contribution in [0, 0.1) is 0 Å². The van der Waals surface area contributed by atoms with E-state index in [1.54, 1.807) is 13.2 Å². The molecule has 17 heavy (non-hydrogen) atoms. The minimum atomic E-state index is 0.204. The van der Waals surface area contributed by atoms with Gasteiger partial charge in [-0.25, -0.2) is 0 Å². The summed E-state index contributed by atoms with van der Waals surface area (Å²) >= 11 is 11.9. The van der Waals surface area contributed by atoms with E-state index in [1.807, 2.05) is 19.1 Å². The van der Waals surface area contributed by atoms with Crippen molar-refractivity contribution < 1.29 is 4.74 Å². The lowest BCUT2D eigenvalue weighted by atomic mass is 10.1. The van der Waals surface area contributed by atoms with E-state index in [9.17, 15) is 0 Å². The lowest BCUT2D eigenvalue weighted by molar-refractivity contribution is 0.0890. The third-order valence-corrected chi connectivity index (χ3v) is 3.54. The highest BCUT2D eigenvalue weighted by atomic mass is 35.5. The highest BCUT2D eigenvalue weighted by Gasteiger charge is 2.10. The first-order valence-corrected chi connectivity index (χ1v) is 6.50. The Hall–Kier alpha value is -0.280. The topological polar surface area (TPSA) is 21.3 Å². The van der Waals surface area contributed by atoms with Gasteiger partial charge in [-0.2, -0.15) is 0 Å². The molecule has 1 N–H and O–H groups in total. The molecular formula is C13H19Cl2NO. The first-order chi connectivity index (χ1) is 8.04. The molecule has 1 aromatic rings. The van der Waals surface area contributed by atoms with Gasteiger partial charge in [-0.3, -0.25) is 0 Å².